The van der Waals surface area contributed by atoms with Gasteiger partial charge < -0.3 is 0 Å². The molecule has 0 aromatic heterocycles. The van der Waals surface area contributed by atoms with E-state index in [1.54, 1.807) is 3.58 Å². The molecule has 0 saturated carbocycles. The molecule has 18 aromatic rings. The van der Waals surface area contributed by atoms with Crippen LogP contribution in [0.25, 0.3) is 134 Å². The Labute approximate surface area is 808 Å². The van der Waals surface area contributed by atoms with Crippen molar-refractivity contribution < 1.29 is 0 Å². The fourth-order valence-electron chi connectivity index (χ4n) is 18.0. The average molecular weight is 1940 g/mol. The van der Waals surface area contributed by atoms with Crippen LogP contribution in [0.5, 0.6) is 0 Å². The third-order valence-corrected chi connectivity index (χ3v) is 40.8. The van der Waals surface area contributed by atoms with Crippen molar-refractivity contribution in [3.05, 3.63) is 448 Å². The van der Waals surface area contributed by atoms with E-state index in [2.05, 4.69) is 559 Å². The van der Waals surface area contributed by atoms with E-state index in [0.29, 0.717) is 0 Å². The Kier molecular flexibility index (Phi) is 27.2. The Hall–Kier alpha value is -12.7. The molecule has 18 rings (SSSR count). The fourth-order valence-corrected chi connectivity index (χ4v) is 26.1. The second-order valence-electron chi connectivity index (χ2n) is 42.4. The first-order chi connectivity index (χ1) is 64.1. The summed E-state index contributed by atoms with van der Waals surface area (Å²) in [6.45, 7) is 28.0. The second-order valence-corrected chi connectivity index (χ2v) is 77.7. The van der Waals surface area contributed by atoms with Gasteiger partial charge in [0, 0.05) is 22.7 Å². The average Bonchev–Trinajstić information content (AvgIpc) is 0.785. The predicted octanol–water partition coefficient (Wildman–Crippen LogP) is 35.1. The molecular formula is C128H126GeN2Si2Sn. The van der Waals surface area contributed by atoms with Crippen LogP contribution in [-0.4, -0.2) is 47.8 Å². The summed E-state index contributed by atoms with van der Waals surface area (Å²) in [5, 5.41) is 2.97. The monoisotopic (exact) mass is 1940 g/mol. The van der Waals surface area contributed by atoms with Gasteiger partial charge in [-0.15, -0.1) is 0 Å². The molecule has 134 heavy (non-hydrogen) atoms. The molecule has 0 aliphatic rings. The van der Waals surface area contributed by atoms with E-state index < -0.39 is 47.8 Å². The Balaban J connectivity index is 0.000000187. The first-order valence-corrected chi connectivity index (χ1v) is 72.0. The van der Waals surface area contributed by atoms with E-state index in [9.17, 15) is 0 Å². The number of hydrogen-bond donors (Lipinski definition) is 0. The van der Waals surface area contributed by atoms with Gasteiger partial charge in [0.15, 0.2) is 0 Å². The quantitative estimate of drug-likeness (QED) is 0.0624. The fraction of sp³-hybridized carbons (Fsp3) is 0.156. The summed E-state index contributed by atoms with van der Waals surface area (Å²) >= 11 is -4.01. The first kappa shape index (κ1) is 93.2. The standard InChI is InChI=1S/C64H63GeNSi.C61H54NSi.3CH3.Sn/c1-64(2,3)58-31-19-46(20-32-58)52-13-10-15-54(43-52)48-23-35-60(36-24-48)66(61-37-25-49(26-38-61)55-16-11-14-53(44-55)47-21-33-59(34-22-47)65(4,5)6)62-39-27-50(28-40-62)56-17-12-18-57(45-56)51-29-41-63(42-30-51)67(7,8)9;1-61(2,3)56-31-21-45(22-32-56)51-16-11-18-53(42-51)47-25-35-58(36-26-47)62(57-33-23-46(24-34-57)52-17-10-15-50(41-52)44-13-8-7-9-14-44)59-37-27-48(28-38-59)54-19-12-20-55(43-54)49-29-39-60(40-30-49)63(4,5)6;;;;/h10-45H,1-9H3;8-43H,1-6H3;3*1H3;. The molecule has 18 aromatic carbocycles. The second kappa shape index (κ2) is 39.1. The van der Waals surface area contributed by atoms with Gasteiger partial charge in [0.25, 0.3) is 0 Å². The third-order valence-electron chi connectivity index (χ3n) is 26.4. The zero-order valence-corrected chi connectivity index (χ0v) is 88.4. The van der Waals surface area contributed by atoms with Crippen molar-refractivity contribution in [1.82, 2.24) is 0 Å². The number of benzene rings is 18. The molecule has 664 valence electrons. The van der Waals surface area contributed by atoms with Gasteiger partial charge in [-0.2, -0.15) is 0 Å². The smallest absolute Gasteiger partial charge is 0.0374 e. The van der Waals surface area contributed by atoms with Crippen LogP contribution in [0.1, 0.15) is 52.7 Å². The molecule has 6 heteroatoms. The molecule has 0 saturated heterocycles. The number of anilines is 6. The van der Waals surface area contributed by atoms with Crippen molar-refractivity contribution >= 4 is 100 Å². The van der Waals surface area contributed by atoms with E-state index in [1.807, 2.05) is 0 Å². The van der Waals surface area contributed by atoms with Crippen LogP contribution in [-0.2, 0) is 10.8 Å². The van der Waals surface area contributed by atoms with Gasteiger partial charge in [-0.3, -0.25) is 0 Å². The molecule has 0 radical (unpaired) electrons. The van der Waals surface area contributed by atoms with E-state index in [0.717, 1.165) is 34.1 Å². The van der Waals surface area contributed by atoms with Crippen molar-refractivity contribution in [1.29, 1.82) is 0 Å². The van der Waals surface area contributed by atoms with E-state index in [4.69, 9.17) is 0 Å². The van der Waals surface area contributed by atoms with Crippen LogP contribution in [0.15, 0.2) is 437 Å². The van der Waals surface area contributed by atoms with Gasteiger partial charge in [-0.25, -0.2) is 0 Å². The molecule has 0 fully saturated rings. The van der Waals surface area contributed by atoms with Gasteiger partial charge in [0.05, 0.1) is 16.1 Å². The maximum absolute atomic E-state index is 2.47. The SMILES string of the molecule is CC(C)(C)c1ccc(-c2cccc(-c3ccc(N(c4ccc(-c5cccc(-c6ccc([Si](C)(C)C)cc6)c5)cc4)c4ccc(-c5cccc(-c6cc[c]([Ge]([CH3])([CH3])[CH3])cc6)c5)cc4)cc3)c2)cc1.CC(C)(C)c1ccc(-c2cccc(-c3ccc(N(c4ccc(-c5cccc(-c6ccc([Si](C)(C)C)cc6)c5)cc4)c4ccc(-c5cccc(-c6cc[c]([Sn]([CH3])([CH3])[CH3])cc6)c5)cc4)cc3)c2)cc1. The summed E-state index contributed by atoms with van der Waals surface area (Å²) < 4.78 is 3.09. The van der Waals surface area contributed by atoms with Crippen molar-refractivity contribution in [3.63, 3.8) is 0 Å². The molecule has 0 heterocycles. The van der Waals surface area contributed by atoms with E-state index >= 15 is 0 Å². The van der Waals surface area contributed by atoms with Crippen molar-refractivity contribution in [3.8, 4) is 134 Å². The zero-order chi connectivity index (χ0) is 93.9. The molecule has 0 aliphatic carbocycles. The van der Waals surface area contributed by atoms with Crippen LogP contribution in [0.2, 0.25) is 71.4 Å². The molecule has 0 aliphatic heterocycles. The summed E-state index contributed by atoms with van der Waals surface area (Å²) in [6.07, 6.45) is 0. The number of hydrogen-bond acceptors (Lipinski definition) is 2. The molecule has 0 N–H and O–H groups in total. The normalized spacial score (nSPS) is 12.0. The minimum atomic E-state index is -2.13. The summed E-state index contributed by atoms with van der Waals surface area (Å²) in [5.74, 6) is 7.35. The Morgan fingerprint density at radius 3 is 0.507 bits per heavy atom. The first-order valence-electron chi connectivity index (χ1n) is 47.6. The van der Waals surface area contributed by atoms with Crippen molar-refractivity contribution in [2.45, 2.75) is 124 Å². The maximum atomic E-state index is 2.47. The van der Waals surface area contributed by atoms with Crippen LogP contribution in [0.3, 0.4) is 0 Å². The van der Waals surface area contributed by atoms with Crippen molar-refractivity contribution in [2.24, 2.45) is 0 Å². The van der Waals surface area contributed by atoms with Gasteiger partial charge in [0.1, 0.15) is 0 Å². The molecule has 0 amide bonds. The van der Waals surface area contributed by atoms with Gasteiger partial charge in [-0.05, 0) is 184 Å². The van der Waals surface area contributed by atoms with E-state index in [-0.39, 0.29) is 10.8 Å². The van der Waals surface area contributed by atoms with Gasteiger partial charge >= 0.3 is 283 Å². The summed E-state index contributed by atoms with van der Waals surface area (Å²) in [7, 11) is -2.73. The van der Waals surface area contributed by atoms with Crippen LogP contribution < -0.4 is 28.1 Å². The van der Waals surface area contributed by atoms with E-state index in [1.165, 1.54) is 159 Å². The van der Waals surface area contributed by atoms with Crippen LogP contribution in [0.4, 0.5) is 34.1 Å². The molecule has 2 nitrogen and oxygen atoms in total. The summed E-state index contributed by atoms with van der Waals surface area (Å²) in [5.41, 5.74) is 38.9. The Morgan fingerprint density at radius 1 is 0.194 bits per heavy atom. The molecule has 0 spiro atoms. The molecular weight excluding hydrogens is 1810 g/mol. The molecule has 0 bridgehead atoms. The maximum Gasteiger partial charge on any atom is -0.0374 e. The van der Waals surface area contributed by atoms with Crippen LogP contribution in [0, 0.1) is 0 Å². The van der Waals surface area contributed by atoms with Crippen molar-refractivity contribution in [2.75, 3.05) is 9.80 Å². The summed E-state index contributed by atoms with van der Waals surface area (Å²) in [4.78, 5) is 12.2. The summed E-state index contributed by atoms with van der Waals surface area (Å²) in [6, 6.07) is 163. The van der Waals surface area contributed by atoms with Gasteiger partial charge in [-0.1, -0.05) is 310 Å². The number of rotatable bonds is 22. The Morgan fingerprint density at radius 2 is 0.351 bits per heavy atom. The predicted molar refractivity (Wildman–Crippen MR) is 597 cm³/mol. The zero-order valence-electron chi connectivity index (χ0n) is 81.5. The molecule has 0 atom stereocenters. The molecule has 0 unspecified atom stereocenters. The topological polar surface area (TPSA) is 6.48 Å². The Bertz CT molecular complexity index is 5970. The largest absolute Gasteiger partial charge is 0.0579 e. The number of nitrogens with zero attached hydrogens (tertiary/aromatic N) is 2. The minimum Gasteiger partial charge on any atom is -0.0579 e. The minimum absolute atomic E-state index is 0.125. The van der Waals surface area contributed by atoms with Gasteiger partial charge in [0.2, 0.25) is 0 Å². The van der Waals surface area contributed by atoms with Crippen LogP contribution >= 0.6 is 0 Å². The third kappa shape index (κ3) is 22.0.